The third-order valence-corrected chi connectivity index (χ3v) is 3.25. The van der Waals surface area contributed by atoms with Crippen LogP contribution in [0.3, 0.4) is 0 Å². The Labute approximate surface area is 117 Å². The van der Waals surface area contributed by atoms with Crippen molar-refractivity contribution < 1.29 is 9.32 Å². The van der Waals surface area contributed by atoms with Crippen LogP contribution in [0.5, 0.6) is 0 Å². The van der Waals surface area contributed by atoms with E-state index < -0.39 is 6.04 Å². The molecule has 2 aromatic rings. The van der Waals surface area contributed by atoms with Crippen molar-refractivity contribution >= 4 is 5.91 Å². The van der Waals surface area contributed by atoms with Crippen LogP contribution in [0.15, 0.2) is 16.9 Å². The molecule has 108 valence electrons. The zero-order chi connectivity index (χ0) is 14.9. The van der Waals surface area contributed by atoms with Crippen LogP contribution in [0.2, 0.25) is 0 Å². The summed E-state index contributed by atoms with van der Waals surface area (Å²) in [4.78, 5) is 12.2. The standard InChI is InChI=1S/C13H19N5O2/c1-7(11-8(2)17-20-9(11)3)16-13(19)12(14)10-5-15-18(4)6-10/h5-7,12H,14H2,1-4H3,(H,16,19). The first-order chi connectivity index (χ1) is 9.40. The summed E-state index contributed by atoms with van der Waals surface area (Å²) < 4.78 is 6.71. The van der Waals surface area contributed by atoms with E-state index in [1.165, 1.54) is 0 Å². The minimum absolute atomic E-state index is 0.212. The van der Waals surface area contributed by atoms with Gasteiger partial charge in [-0.1, -0.05) is 5.16 Å². The first-order valence-electron chi connectivity index (χ1n) is 6.37. The molecule has 3 N–H and O–H groups in total. The molecule has 1 amide bonds. The SMILES string of the molecule is Cc1noc(C)c1C(C)NC(=O)C(N)c1cnn(C)c1. The Balaban J connectivity index is 2.08. The van der Waals surface area contributed by atoms with E-state index in [0.29, 0.717) is 11.3 Å². The van der Waals surface area contributed by atoms with Crippen LogP contribution in [0, 0.1) is 13.8 Å². The summed E-state index contributed by atoms with van der Waals surface area (Å²) in [7, 11) is 1.78. The summed E-state index contributed by atoms with van der Waals surface area (Å²) in [5, 5.41) is 10.8. The molecule has 0 bridgehead atoms. The van der Waals surface area contributed by atoms with Crippen molar-refractivity contribution in [3.63, 3.8) is 0 Å². The first-order valence-corrected chi connectivity index (χ1v) is 6.37. The molecule has 0 aliphatic heterocycles. The fraction of sp³-hybridized carbons (Fsp3) is 0.462. The number of nitrogens with one attached hydrogen (secondary N) is 1. The Morgan fingerprint density at radius 2 is 2.20 bits per heavy atom. The molecule has 20 heavy (non-hydrogen) atoms. The Hall–Kier alpha value is -2.15. The molecule has 7 heteroatoms. The van der Waals surface area contributed by atoms with Crippen LogP contribution in [0.4, 0.5) is 0 Å². The molecule has 2 aromatic heterocycles. The molecule has 2 rings (SSSR count). The van der Waals surface area contributed by atoms with Crippen LogP contribution < -0.4 is 11.1 Å². The van der Waals surface area contributed by atoms with E-state index in [1.54, 1.807) is 24.1 Å². The minimum atomic E-state index is -0.744. The van der Waals surface area contributed by atoms with Gasteiger partial charge in [-0.3, -0.25) is 9.48 Å². The molecule has 7 nitrogen and oxygen atoms in total. The van der Waals surface area contributed by atoms with E-state index in [1.807, 2.05) is 20.8 Å². The highest BCUT2D eigenvalue weighted by atomic mass is 16.5. The van der Waals surface area contributed by atoms with Gasteiger partial charge in [-0.15, -0.1) is 0 Å². The Bertz CT molecular complexity index is 597. The Morgan fingerprint density at radius 1 is 1.50 bits per heavy atom. The van der Waals surface area contributed by atoms with Gasteiger partial charge in [0.2, 0.25) is 5.91 Å². The molecule has 0 aromatic carbocycles. The largest absolute Gasteiger partial charge is 0.361 e. The highest BCUT2D eigenvalue weighted by Gasteiger charge is 2.22. The van der Waals surface area contributed by atoms with Crippen molar-refractivity contribution in [3.8, 4) is 0 Å². The number of hydrogen-bond acceptors (Lipinski definition) is 5. The number of carbonyl (C=O) groups is 1. The van der Waals surface area contributed by atoms with E-state index >= 15 is 0 Å². The van der Waals surface area contributed by atoms with Gasteiger partial charge in [-0.2, -0.15) is 5.10 Å². The van der Waals surface area contributed by atoms with Crippen LogP contribution in [0.1, 0.15) is 41.6 Å². The molecule has 0 radical (unpaired) electrons. The Morgan fingerprint density at radius 3 is 2.70 bits per heavy atom. The molecule has 0 spiro atoms. The number of rotatable bonds is 4. The number of nitrogens with two attached hydrogens (primary N) is 1. The van der Waals surface area contributed by atoms with E-state index in [9.17, 15) is 4.79 Å². The molecule has 0 saturated heterocycles. The zero-order valence-corrected chi connectivity index (χ0v) is 12.0. The fourth-order valence-corrected chi connectivity index (χ4v) is 2.24. The van der Waals surface area contributed by atoms with Crippen LogP contribution in [0.25, 0.3) is 0 Å². The van der Waals surface area contributed by atoms with Gasteiger partial charge in [0.15, 0.2) is 0 Å². The average Bonchev–Trinajstić information content (AvgIpc) is 2.95. The molecular weight excluding hydrogens is 258 g/mol. The highest BCUT2D eigenvalue weighted by Crippen LogP contribution is 2.21. The molecule has 0 aliphatic rings. The fourth-order valence-electron chi connectivity index (χ4n) is 2.24. The van der Waals surface area contributed by atoms with Crippen LogP contribution >= 0.6 is 0 Å². The minimum Gasteiger partial charge on any atom is -0.361 e. The van der Waals surface area contributed by atoms with Gasteiger partial charge in [0, 0.05) is 24.4 Å². The predicted octanol–water partition coefficient (Wildman–Crippen LogP) is 0.902. The number of aromatic nitrogens is 3. The van der Waals surface area contributed by atoms with E-state index in [-0.39, 0.29) is 11.9 Å². The maximum Gasteiger partial charge on any atom is 0.242 e. The summed E-state index contributed by atoms with van der Waals surface area (Å²) in [6.07, 6.45) is 3.32. The van der Waals surface area contributed by atoms with Gasteiger partial charge >= 0.3 is 0 Å². The van der Waals surface area contributed by atoms with Crippen LogP contribution in [-0.4, -0.2) is 20.8 Å². The van der Waals surface area contributed by atoms with E-state index in [4.69, 9.17) is 10.3 Å². The van der Waals surface area contributed by atoms with Crippen molar-refractivity contribution in [1.29, 1.82) is 0 Å². The highest BCUT2D eigenvalue weighted by molar-refractivity contribution is 5.83. The third-order valence-electron chi connectivity index (χ3n) is 3.25. The lowest BCUT2D eigenvalue weighted by atomic mass is 10.1. The summed E-state index contributed by atoms with van der Waals surface area (Å²) >= 11 is 0. The van der Waals surface area contributed by atoms with Gasteiger partial charge < -0.3 is 15.6 Å². The van der Waals surface area contributed by atoms with Gasteiger partial charge in [0.1, 0.15) is 11.8 Å². The number of hydrogen-bond donors (Lipinski definition) is 2. The number of carbonyl (C=O) groups excluding carboxylic acids is 1. The normalized spacial score (nSPS) is 14.1. The Kier molecular flexibility index (Phi) is 3.89. The zero-order valence-electron chi connectivity index (χ0n) is 12.0. The number of amides is 1. The van der Waals surface area contributed by atoms with Gasteiger partial charge in [0.25, 0.3) is 0 Å². The predicted molar refractivity (Wildman–Crippen MR) is 72.7 cm³/mol. The van der Waals surface area contributed by atoms with Gasteiger partial charge in [0.05, 0.1) is 17.9 Å². The van der Waals surface area contributed by atoms with Crippen LogP contribution in [-0.2, 0) is 11.8 Å². The smallest absolute Gasteiger partial charge is 0.242 e. The molecule has 0 aliphatic carbocycles. The quantitative estimate of drug-likeness (QED) is 0.865. The number of aryl methyl sites for hydroxylation is 3. The summed E-state index contributed by atoms with van der Waals surface area (Å²) in [5.41, 5.74) is 8.26. The van der Waals surface area contributed by atoms with Crippen molar-refractivity contribution in [2.45, 2.75) is 32.9 Å². The second-order valence-electron chi connectivity index (χ2n) is 4.89. The first kappa shape index (κ1) is 14.3. The lowest BCUT2D eigenvalue weighted by molar-refractivity contribution is -0.123. The molecular formula is C13H19N5O2. The average molecular weight is 277 g/mol. The topological polar surface area (TPSA) is 99.0 Å². The lowest BCUT2D eigenvalue weighted by Crippen LogP contribution is -2.35. The van der Waals surface area contributed by atoms with E-state index in [0.717, 1.165) is 11.3 Å². The maximum atomic E-state index is 12.2. The van der Waals surface area contributed by atoms with E-state index in [2.05, 4.69) is 15.6 Å². The summed E-state index contributed by atoms with van der Waals surface area (Å²) in [6, 6.07) is -0.955. The summed E-state index contributed by atoms with van der Waals surface area (Å²) in [5.74, 6) is 0.441. The van der Waals surface area contributed by atoms with Crippen molar-refractivity contribution in [2.24, 2.45) is 12.8 Å². The molecule has 2 unspecified atom stereocenters. The molecule has 2 heterocycles. The molecule has 0 saturated carbocycles. The van der Waals surface area contributed by atoms with Gasteiger partial charge in [-0.25, -0.2) is 0 Å². The third kappa shape index (κ3) is 2.72. The van der Waals surface area contributed by atoms with Crippen molar-refractivity contribution in [3.05, 3.63) is 35.0 Å². The molecule has 0 fully saturated rings. The van der Waals surface area contributed by atoms with Crippen molar-refractivity contribution in [1.82, 2.24) is 20.3 Å². The van der Waals surface area contributed by atoms with Crippen molar-refractivity contribution in [2.75, 3.05) is 0 Å². The van der Waals surface area contributed by atoms with Gasteiger partial charge in [-0.05, 0) is 20.8 Å². The maximum absolute atomic E-state index is 12.2. The summed E-state index contributed by atoms with van der Waals surface area (Å²) in [6.45, 7) is 5.54. The molecule has 2 atom stereocenters. The number of nitrogens with zero attached hydrogens (tertiary/aromatic N) is 3. The lowest BCUT2D eigenvalue weighted by Gasteiger charge is -2.16. The monoisotopic (exact) mass is 277 g/mol. The second-order valence-corrected chi connectivity index (χ2v) is 4.89. The second kappa shape index (κ2) is 5.46.